The van der Waals surface area contributed by atoms with E-state index >= 15 is 0 Å². The first kappa shape index (κ1) is 15.1. The summed E-state index contributed by atoms with van der Waals surface area (Å²) in [6, 6.07) is 13.0. The largest absolute Gasteiger partial charge is 0.355 e. The summed E-state index contributed by atoms with van der Waals surface area (Å²) in [5, 5.41) is 2.50. The van der Waals surface area contributed by atoms with Gasteiger partial charge in [-0.2, -0.15) is 0 Å². The molecule has 21 heavy (non-hydrogen) atoms. The van der Waals surface area contributed by atoms with E-state index in [0.29, 0.717) is 16.8 Å². The smallest absolute Gasteiger partial charge is 0.262 e. The van der Waals surface area contributed by atoms with Gasteiger partial charge in [0.05, 0.1) is 4.90 Å². The predicted octanol–water partition coefficient (Wildman–Crippen LogP) is 2.16. The molecule has 0 aliphatic carbocycles. The molecule has 0 heterocycles. The minimum atomic E-state index is -3.63. The Morgan fingerprint density at radius 2 is 1.62 bits per heavy atom. The van der Waals surface area contributed by atoms with E-state index in [0.717, 1.165) is 0 Å². The fourth-order valence-electron chi connectivity index (χ4n) is 1.90. The van der Waals surface area contributed by atoms with Gasteiger partial charge < -0.3 is 5.32 Å². The van der Waals surface area contributed by atoms with Crippen LogP contribution >= 0.6 is 0 Å². The lowest BCUT2D eigenvalue weighted by atomic mass is 10.2. The van der Waals surface area contributed by atoms with Gasteiger partial charge >= 0.3 is 0 Å². The van der Waals surface area contributed by atoms with Crippen LogP contribution in [0.1, 0.15) is 15.9 Å². The summed E-state index contributed by atoms with van der Waals surface area (Å²) in [4.78, 5) is 11.7. The van der Waals surface area contributed by atoms with Crippen LogP contribution in [0.4, 0.5) is 5.69 Å². The summed E-state index contributed by atoms with van der Waals surface area (Å²) in [5.41, 5.74) is 1.55. The van der Waals surface area contributed by atoms with Gasteiger partial charge in [-0.1, -0.05) is 18.2 Å². The van der Waals surface area contributed by atoms with Gasteiger partial charge in [0.25, 0.3) is 15.9 Å². The molecule has 0 bridgehead atoms. The van der Waals surface area contributed by atoms with Gasteiger partial charge in [0.1, 0.15) is 0 Å². The number of amides is 1. The second kappa shape index (κ2) is 5.97. The molecular formula is C15H16N2O3S. The zero-order valence-electron chi connectivity index (χ0n) is 11.8. The molecule has 0 radical (unpaired) electrons. The average Bonchev–Trinajstić information content (AvgIpc) is 2.47. The average molecular weight is 304 g/mol. The standard InChI is InChI=1S/C15H16N2O3S/c1-11-5-3-4-6-14(11)21(19,20)17-13-9-7-12(8-10-13)15(18)16-2/h3-10,17H,1-2H3,(H,16,18). The highest BCUT2D eigenvalue weighted by Crippen LogP contribution is 2.19. The van der Waals surface area contributed by atoms with Crippen molar-refractivity contribution in [2.45, 2.75) is 11.8 Å². The molecule has 110 valence electrons. The van der Waals surface area contributed by atoms with Gasteiger partial charge in [0.2, 0.25) is 0 Å². The Morgan fingerprint density at radius 3 is 2.19 bits per heavy atom. The van der Waals surface area contributed by atoms with E-state index in [1.165, 1.54) is 7.05 Å². The van der Waals surface area contributed by atoms with Crippen LogP contribution < -0.4 is 10.0 Å². The van der Waals surface area contributed by atoms with E-state index in [4.69, 9.17) is 0 Å². The van der Waals surface area contributed by atoms with Crippen molar-refractivity contribution in [1.82, 2.24) is 5.32 Å². The molecule has 5 nitrogen and oxygen atoms in total. The third-order valence-electron chi connectivity index (χ3n) is 3.01. The number of benzene rings is 2. The van der Waals surface area contributed by atoms with Gasteiger partial charge in [-0.15, -0.1) is 0 Å². The maximum absolute atomic E-state index is 12.3. The summed E-state index contributed by atoms with van der Waals surface area (Å²) in [6.07, 6.45) is 0. The number of carbonyl (C=O) groups is 1. The molecule has 2 aromatic rings. The minimum absolute atomic E-state index is 0.219. The number of hydrogen-bond donors (Lipinski definition) is 2. The van der Waals surface area contributed by atoms with Crippen molar-refractivity contribution >= 4 is 21.6 Å². The molecular weight excluding hydrogens is 288 g/mol. The maximum atomic E-state index is 12.3. The monoisotopic (exact) mass is 304 g/mol. The van der Waals surface area contributed by atoms with Crippen LogP contribution in [-0.2, 0) is 10.0 Å². The first-order valence-corrected chi connectivity index (χ1v) is 7.83. The zero-order valence-corrected chi connectivity index (χ0v) is 12.6. The van der Waals surface area contributed by atoms with Crippen LogP contribution in [0.3, 0.4) is 0 Å². The highest BCUT2D eigenvalue weighted by molar-refractivity contribution is 7.92. The van der Waals surface area contributed by atoms with Gasteiger partial charge in [0, 0.05) is 18.3 Å². The van der Waals surface area contributed by atoms with E-state index in [1.54, 1.807) is 55.5 Å². The van der Waals surface area contributed by atoms with Crippen molar-refractivity contribution in [3.05, 3.63) is 59.7 Å². The fraction of sp³-hybridized carbons (Fsp3) is 0.133. The van der Waals surface area contributed by atoms with Crippen LogP contribution in [0.5, 0.6) is 0 Å². The molecule has 0 saturated heterocycles. The number of carbonyl (C=O) groups excluding carboxylic acids is 1. The zero-order chi connectivity index (χ0) is 15.5. The molecule has 0 unspecified atom stereocenters. The Hall–Kier alpha value is -2.34. The van der Waals surface area contributed by atoms with Crippen LogP contribution in [0.25, 0.3) is 0 Å². The van der Waals surface area contributed by atoms with Crippen LogP contribution in [0.15, 0.2) is 53.4 Å². The molecule has 2 rings (SSSR count). The Balaban J connectivity index is 2.25. The summed E-state index contributed by atoms with van der Waals surface area (Å²) >= 11 is 0. The van der Waals surface area contributed by atoms with Gasteiger partial charge in [-0.25, -0.2) is 8.42 Å². The highest BCUT2D eigenvalue weighted by atomic mass is 32.2. The minimum Gasteiger partial charge on any atom is -0.355 e. The third kappa shape index (κ3) is 3.41. The number of nitrogens with one attached hydrogen (secondary N) is 2. The number of rotatable bonds is 4. The lowest BCUT2D eigenvalue weighted by molar-refractivity contribution is 0.0963. The Morgan fingerprint density at radius 1 is 1.00 bits per heavy atom. The first-order valence-electron chi connectivity index (χ1n) is 6.34. The molecule has 6 heteroatoms. The third-order valence-corrected chi connectivity index (χ3v) is 4.55. The second-order valence-electron chi connectivity index (χ2n) is 4.53. The SMILES string of the molecule is CNC(=O)c1ccc(NS(=O)(=O)c2ccccc2C)cc1. The van der Waals surface area contributed by atoms with Crippen molar-refractivity contribution in [1.29, 1.82) is 0 Å². The van der Waals surface area contributed by atoms with Crippen molar-refractivity contribution in [2.75, 3.05) is 11.8 Å². The lowest BCUT2D eigenvalue weighted by Crippen LogP contribution is -2.18. The van der Waals surface area contributed by atoms with Gasteiger partial charge in [-0.05, 0) is 42.8 Å². The van der Waals surface area contributed by atoms with E-state index in [1.807, 2.05) is 0 Å². The molecule has 0 spiro atoms. The fourth-order valence-corrected chi connectivity index (χ4v) is 3.21. The Labute approximate surface area is 124 Å². The first-order chi connectivity index (χ1) is 9.94. The number of hydrogen-bond acceptors (Lipinski definition) is 3. The van der Waals surface area contributed by atoms with E-state index < -0.39 is 10.0 Å². The van der Waals surface area contributed by atoms with Gasteiger partial charge in [0.15, 0.2) is 0 Å². The Bertz CT molecular complexity index is 753. The quantitative estimate of drug-likeness (QED) is 0.909. The predicted molar refractivity (Wildman–Crippen MR) is 81.8 cm³/mol. The van der Waals surface area contributed by atoms with Crippen LogP contribution in [0.2, 0.25) is 0 Å². The summed E-state index contributed by atoms with van der Waals surface area (Å²) < 4.78 is 27.1. The number of sulfonamides is 1. The van der Waals surface area contributed by atoms with Crippen LogP contribution in [-0.4, -0.2) is 21.4 Å². The molecule has 0 fully saturated rings. The van der Waals surface area contributed by atoms with Crippen molar-refractivity contribution in [3.63, 3.8) is 0 Å². The molecule has 0 aliphatic rings. The molecule has 0 saturated carbocycles. The number of anilines is 1. The maximum Gasteiger partial charge on any atom is 0.262 e. The molecule has 2 N–H and O–H groups in total. The molecule has 2 aromatic carbocycles. The highest BCUT2D eigenvalue weighted by Gasteiger charge is 2.16. The van der Waals surface area contributed by atoms with E-state index in [-0.39, 0.29) is 10.8 Å². The van der Waals surface area contributed by atoms with Crippen molar-refractivity contribution < 1.29 is 13.2 Å². The van der Waals surface area contributed by atoms with E-state index in [9.17, 15) is 13.2 Å². The molecule has 0 aromatic heterocycles. The van der Waals surface area contributed by atoms with Crippen LogP contribution in [0, 0.1) is 6.92 Å². The summed E-state index contributed by atoms with van der Waals surface area (Å²) in [7, 11) is -2.09. The molecule has 0 aliphatic heterocycles. The topological polar surface area (TPSA) is 75.3 Å². The second-order valence-corrected chi connectivity index (χ2v) is 6.18. The summed E-state index contributed by atoms with van der Waals surface area (Å²) in [5.74, 6) is -0.219. The Kier molecular flexibility index (Phi) is 4.28. The normalized spacial score (nSPS) is 11.0. The molecule has 0 atom stereocenters. The number of aryl methyl sites for hydroxylation is 1. The summed E-state index contributed by atoms with van der Waals surface area (Å²) in [6.45, 7) is 1.74. The lowest BCUT2D eigenvalue weighted by Gasteiger charge is -2.10. The van der Waals surface area contributed by atoms with Crippen molar-refractivity contribution in [2.24, 2.45) is 0 Å². The van der Waals surface area contributed by atoms with Crippen molar-refractivity contribution in [3.8, 4) is 0 Å². The van der Waals surface area contributed by atoms with E-state index in [2.05, 4.69) is 10.0 Å². The molecule has 1 amide bonds. The van der Waals surface area contributed by atoms with Gasteiger partial charge in [-0.3, -0.25) is 9.52 Å².